The molecule has 3 heterocycles. The van der Waals surface area contributed by atoms with Gasteiger partial charge < -0.3 is 49.8 Å². The number of hydrogen-bond donors (Lipinski definition) is 8. The van der Waals surface area contributed by atoms with E-state index >= 15 is 0 Å². The Hall–Kier alpha value is -2.16. The zero-order valence-electron chi connectivity index (χ0n) is 20.4. The normalized spacial score (nSPS) is 35.4. The zero-order chi connectivity index (χ0) is 30.0. The van der Waals surface area contributed by atoms with Crippen LogP contribution < -0.4 is 16.6 Å². The monoisotopic (exact) mass is 619 g/mol. The molecule has 0 radical (unpaired) electrons. The van der Waals surface area contributed by atoms with E-state index in [-0.39, 0.29) is 0 Å². The first-order valence-corrected chi connectivity index (χ1v) is 14.3. The van der Waals surface area contributed by atoms with Gasteiger partial charge >= 0.3 is 21.3 Å². The number of aliphatic hydroxyl groups excluding tert-OH is 4. The van der Waals surface area contributed by atoms with Gasteiger partial charge in [-0.3, -0.25) is 28.2 Å². The summed E-state index contributed by atoms with van der Waals surface area (Å²) in [5.74, 6) is -0.799. The Balaban J connectivity index is 1.67. The predicted molar refractivity (Wildman–Crippen MR) is 124 cm³/mol. The molecule has 2 saturated heterocycles. The van der Waals surface area contributed by atoms with Crippen molar-refractivity contribution in [3.8, 4) is 0 Å². The van der Waals surface area contributed by atoms with Crippen LogP contribution in [0.2, 0.25) is 0 Å². The molecule has 11 atom stereocenters. The Bertz CT molecular complexity index is 1290. The minimum absolute atomic E-state index is 0.301. The number of carbonyl (C=O) groups excluding carboxylic acids is 2. The number of rotatable bonds is 11. The zero-order valence-corrected chi connectivity index (χ0v) is 22.1. The van der Waals surface area contributed by atoms with Crippen LogP contribution in [0, 0.1) is 0 Å². The van der Waals surface area contributed by atoms with Gasteiger partial charge in [0.25, 0.3) is 5.56 Å². The maximum absolute atomic E-state index is 12.5. The van der Waals surface area contributed by atoms with Crippen LogP contribution in [0.4, 0.5) is 0 Å². The van der Waals surface area contributed by atoms with E-state index in [1.165, 1.54) is 0 Å². The number of nitrogens with one attached hydrogen (secondary N) is 2. The van der Waals surface area contributed by atoms with E-state index in [0.29, 0.717) is 6.29 Å². The molecule has 2 aliphatic rings. The number of hydrogen-bond acceptors (Lipinski definition) is 15. The molecular weight excluding hydrogens is 592 g/mol. The molecule has 40 heavy (non-hydrogen) atoms. The Labute approximate surface area is 223 Å². The highest BCUT2D eigenvalue weighted by molar-refractivity contribution is 7.61. The lowest BCUT2D eigenvalue weighted by Crippen LogP contribution is -2.63. The molecule has 226 valence electrons. The fraction of sp³-hybridized carbons (Fsp3) is 0.667. The summed E-state index contributed by atoms with van der Waals surface area (Å²) in [5, 5.41) is 42.9. The number of amides is 1. The number of aromatic nitrogens is 2. The molecule has 1 aromatic rings. The number of aromatic amines is 1. The number of ether oxygens (including phenoxy) is 2. The summed E-state index contributed by atoms with van der Waals surface area (Å²) in [4.78, 5) is 67.4. The molecule has 20 nitrogen and oxygen atoms in total. The van der Waals surface area contributed by atoms with Crippen molar-refractivity contribution in [3.05, 3.63) is 33.1 Å². The van der Waals surface area contributed by atoms with E-state index < -0.39 is 101 Å². The Morgan fingerprint density at radius 2 is 1.73 bits per heavy atom. The van der Waals surface area contributed by atoms with Crippen LogP contribution in [0.5, 0.6) is 0 Å². The van der Waals surface area contributed by atoms with Gasteiger partial charge in [0.1, 0.15) is 42.8 Å². The number of phosphoric acid groups is 2. The molecule has 0 aromatic carbocycles. The van der Waals surface area contributed by atoms with Gasteiger partial charge in [0, 0.05) is 25.6 Å². The molecule has 1 amide bonds. The second kappa shape index (κ2) is 12.8. The van der Waals surface area contributed by atoms with E-state index in [0.717, 1.165) is 23.8 Å². The Kier molecular flexibility index (Phi) is 10.3. The maximum Gasteiger partial charge on any atom is 0.483 e. The smallest absolute Gasteiger partial charge is 0.388 e. The second-order valence-electron chi connectivity index (χ2n) is 8.64. The lowest BCUT2D eigenvalue weighted by molar-refractivity contribution is -0.240. The van der Waals surface area contributed by atoms with Crippen LogP contribution in [-0.4, -0.2) is 108 Å². The van der Waals surface area contributed by atoms with Crippen molar-refractivity contribution >= 4 is 27.8 Å². The van der Waals surface area contributed by atoms with Crippen molar-refractivity contribution in [3.63, 3.8) is 0 Å². The topological polar surface area (TPSA) is 303 Å². The molecule has 8 N–H and O–H groups in total. The van der Waals surface area contributed by atoms with Gasteiger partial charge in [-0.2, -0.15) is 4.31 Å². The fourth-order valence-corrected chi connectivity index (χ4v) is 6.06. The minimum Gasteiger partial charge on any atom is -0.388 e. The average Bonchev–Trinajstić information content (AvgIpc) is 3.11. The molecule has 22 heteroatoms. The van der Waals surface area contributed by atoms with Crippen molar-refractivity contribution in [2.24, 2.45) is 0 Å². The Morgan fingerprint density at radius 3 is 2.33 bits per heavy atom. The van der Waals surface area contributed by atoms with E-state index in [1.807, 2.05) is 4.98 Å². The number of H-pyrrole nitrogens is 1. The Morgan fingerprint density at radius 1 is 1.07 bits per heavy atom. The molecule has 2 fully saturated rings. The standard InChI is InChI=1S/C18H27N3O17P2/c1-7(23)19-11-14(27)12(25)8(3-5-22)36-17(11)37-40(32,33)38-39(30,31)34-6-9-13(26)15(28)16(35-9)21-4-2-10(24)20-18(21)29/h2,4-5,8-9,11-17,25-28H,3,6H2,1H3,(H,19,23)(H,30,31)(H,32,33)(H,20,24,29)/t8-,9-,11-,12+,13-,14-,15-,16-,17-/m1/s1. The van der Waals surface area contributed by atoms with Crippen LogP contribution in [0.25, 0.3) is 0 Å². The van der Waals surface area contributed by atoms with Crippen LogP contribution in [0.1, 0.15) is 19.6 Å². The molecule has 0 spiro atoms. The van der Waals surface area contributed by atoms with Gasteiger partial charge in [0.15, 0.2) is 12.5 Å². The lowest BCUT2D eigenvalue weighted by atomic mass is 9.95. The minimum atomic E-state index is -5.64. The van der Waals surface area contributed by atoms with Gasteiger partial charge in [-0.05, 0) is 0 Å². The van der Waals surface area contributed by atoms with Crippen molar-refractivity contribution in [1.29, 1.82) is 0 Å². The van der Waals surface area contributed by atoms with Gasteiger partial charge in [-0.1, -0.05) is 0 Å². The SMILES string of the molecule is CC(=O)N[C@H]1[C@@H](OP(=O)(O)OP(=O)(O)OC[C@H]2O[C@@H](n3ccc(=O)[nH]c3=O)[C@H](O)[C@@H]2O)O[C@H](CC=O)[C@H](O)[C@@H]1O. The molecule has 0 aliphatic carbocycles. The van der Waals surface area contributed by atoms with Crippen LogP contribution in [-0.2, 0) is 41.6 Å². The predicted octanol–water partition coefficient (Wildman–Crippen LogP) is -4.05. The van der Waals surface area contributed by atoms with Crippen molar-refractivity contribution in [1.82, 2.24) is 14.9 Å². The van der Waals surface area contributed by atoms with Crippen molar-refractivity contribution in [2.45, 2.75) is 68.5 Å². The summed E-state index contributed by atoms with van der Waals surface area (Å²) < 4.78 is 49.5. The van der Waals surface area contributed by atoms with Crippen LogP contribution in [0.15, 0.2) is 21.9 Å². The molecule has 0 saturated carbocycles. The molecule has 1 aromatic heterocycles. The molecule has 3 rings (SSSR count). The largest absolute Gasteiger partial charge is 0.483 e. The molecule has 0 bridgehead atoms. The number of aliphatic hydroxyl groups is 4. The number of aldehydes is 1. The number of nitrogens with zero attached hydrogens (tertiary/aromatic N) is 1. The summed E-state index contributed by atoms with van der Waals surface area (Å²) in [6.45, 7) is -0.0473. The van der Waals surface area contributed by atoms with Crippen LogP contribution in [0.3, 0.4) is 0 Å². The lowest BCUT2D eigenvalue weighted by Gasteiger charge is -2.42. The summed E-state index contributed by atoms with van der Waals surface area (Å²) in [6.07, 6.45) is -13.1. The quantitative estimate of drug-likeness (QED) is 0.0863. The third-order valence-corrected chi connectivity index (χ3v) is 8.31. The summed E-state index contributed by atoms with van der Waals surface area (Å²) in [6, 6.07) is -0.773. The number of phosphoric ester groups is 2. The summed E-state index contributed by atoms with van der Waals surface area (Å²) >= 11 is 0. The van der Waals surface area contributed by atoms with E-state index in [1.54, 1.807) is 0 Å². The maximum atomic E-state index is 12.5. The highest BCUT2D eigenvalue weighted by Gasteiger charge is 2.50. The van der Waals surface area contributed by atoms with Crippen molar-refractivity contribution < 1.29 is 71.8 Å². The van der Waals surface area contributed by atoms with Crippen LogP contribution >= 0.6 is 15.6 Å². The second-order valence-corrected chi connectivity index (χ2v) is 11.6. The molecule has 2 unspecified atom stereocenters. The van der Waals surface area contributed by atoms with E-state index in [9.17, 15) is 58.5 Å². The van der Waals surface area contributed by atoms with E-state index in [2.05, 4.69) is 14.2 Å². The first kappa shape index (κ1) is 32.4. The third-order valence-electron chi connectivity index (χ3n) is 5.71. The average molecular weight is 619 g/mol. The molecule has 2 aliphatic heterocycles. The van der Waals surface area contributed by atoms with Gasteiger partial charge in [0.2, 0.25) is 5.91 Å². The third kappa shape index (κ3) is 7.77. The van der Waals surface area contributed by atoms with Gasteiger partial charge in [0.05, 0.1) is 12.7 Å². The fourth-order valence-electron chi connectivity index (χ4n) is 3.90. The number of carbonyl (C=O) groups is 2. The highest BCUT2D eigenvalue weighted by atomic mass is 31.3. The van der Waals surface area contributed by atoms with Gasteiger partial charge in [-0.15, -0.1) is 0 Å². The van der Waals surface area contributed by atoms with Crippen molar-refractivity contribution in [2.75, 3.05) is 6.61 Å². The first-order chi connectivity index (χ1) is 18.5. The van der Waals surface area contributed by atoms with Gasteiger partial charge in [-0.25, -0.2) is 13.9 Å². The molecular formula is C18H27N3O17P2. The highest BCUT2D eigenvalue weighted by Crippen LogP contribution is 2.61. The summed E-state index contributed by atoms with van der Waals surface area (Å²) in [5.41, 5.74) is -1.76. The van der Waals surface area contributed by atoms with E-state index in [4.69, 9.17) is 14.0 Å². The first-order valence-electron chi connectivity index (χ1n) is 11.3. The summed E-state index contributed by atoms with van der Waals surface area (Å²) in [7, 11) is -11.2.